The lowest BCUT2D eigenvalue weighted by Gasteiger charge is -2.14. The quantitative estimate of drug-likeness (QED) is 0.185. The topological polar surface area (TPSA) is 46.9 Å². The Labute approximate surface area is 230 Å². The summed E-state index contributed by atoms with van der Waals surface area (Å²) in [5.41, 5.74) is 4.73. The third-order valence-corrected chi connectivity index (χ3v) is 7.34. The van der Waals surface area contributed by atoms with Crippen LogP contribution in [0, 0.1) is 5.82 Å². The molecule has 192 valence electrons. The average molecular weight is 522 g/mol. The van der Waals surface area contributed by atoms with Gasteiger partial charge in [0.2, 0.25) is 5.91 Å². The summed E-state index contributed by atoms with van der Waals surface area (Å²) in [6.45, 7) is 0.293. The van der Waals surface area contributed by atoms with E-state index in [2.05, 4.69) is 88.7 Å². The van der Waals surface area contributed by atoms with Gasteiger partial charge in [0.05, 0.1) is 35.2 Å². The largest absolute Gasteiger partial charge is 0.347 e. The Balaban J connectivity index is 1.28. The molecule has 7 rings (SSSR count). The van der Waals surface area contributed by atoms with Crippen LogP contribution in [-0.2, 0) is 11.3 Å². The highest BCUT2D eigenvalue weighted by Crippen LogP contribution is 2.37. The van der Waals surface area contributed by atoms with Gasteiger partial charge in [-0.25, -0.2) is 4.39 Å². The van der Waals surface area contributed by atoms with Crippen molar-refractivity contribution in [2.45, 2.75) is 6.54 Å². The van der Waals surface area contributed by atoms with Gasteiger partial charge in [-0.3, -0.25) is 9.78 Å². The van der Waals surface area contributed by atoms with Gasteiger partial charge in [-0.15, -0.1) is 0 Å². The van der Waals surface area contributed by atoms with Crippen LogP contribution in [-0.4, -0.2) is 15.5 Å². The van der Waals surface area contributed by atoms with Gasteiger partial charge in [-0.1, -0.05) is 78.9 Å². The predicted octanol–water partition coefficient (Wildman–Crippen LogP) is 7.95. The van der Waals surface area contributed by atoms with Crippen molar-refractivity contribution >= 4 is 55.3 Å². The van der Waals surface area contributed by atoms with Crippen molar-refractivity contribution in [1.29, 1.82) is 0 Å². The molecule has 0 radical (unpaired) electrons. The number of amides is 1. The molecule has 4 nitrogen and oxygen atoms in total. The summed E-state index contributed by atoms with van der Waals surface area (Å²) in [6, 6.07) is 35.7. The number of nitrogens with zero attached hydrogens (tertiary/aromatic N) is 2. The standard InChI is InChI=1S/C35H24FN3O/c36-25-16-13-23(14-17-25)15-18-35(40)38-21-26-20-31-30-11-5-6-12-32(30)39(34(31)22-37-26)33-19-24-7-1-2-8-27(24)28-9-3-4-10-29(28)33/h1-20,22H,21H2,(H,38,40)/b18-15+. The summed E-state index contributed by atoms with van der Waals surface area (Å²) < 4.78 is 15.4. The Morgan fingerprint density at radius 3 is 2.27 bits per heavy atom. The molecule has 0 unspecified atom stereocenters. The Kier molecular flexibility index (Phi) is 5.82. The lowest BCUT2D eigenvalue weighted by molar-refractivity contribution is -0.116. The number of pyridine rings is 1. The molecular weight excluding hydrogens is 497 g/mol. The van der Waals surface area contributed by atoms with E-state index in [1.54, 1.807) is 18.2 Å². The van der Waals surface area contributed by atoms with E-state index in [9.17, 15) is 9.18 Å². The van der Waals surface area contributed by atoms with Crippen LogP contribution in [0.4, 0.5) is 4.39 Å². The third kappa shape index (κ3) is 4.18. The zero-order valence-electron chi connectivity index (χ0n) is 21.5. The summed E-state index contributed by atoms with van der Waals surface area (Å²) in [5.74, 6) is -0.547. The molecule has 5 aromatic carbocycles. The van der Waals surface area contributed by atoms with E-state index >= 15 is 0 Å². The first-order chi connectivity index (χ1) is 19.7. The van der Waals surface area contributed by atoms with Crippen LogP contribution in [0.2, 0.25) is 0 Å². The number of benzene rings is 5. The number of rotatable bonds is 5. The van der Waals surface area contributed by atoms with E-state index in [-0.39, 0.29) is 11.7 Å². The first-order valence-electron chi connectivity index (χ1n) is 13.2. The minimum absolute atomic E-state index is 0.240. The van der Waals surface area contributed by atoms with Crippen molar-refractivity contribution < 1.29 is 9.18 Å². The number of fused-ring (bicyclic) bond motifs is 6. The summed E-state index contributed by atoms with van der Waals surface area (Å²) in [4.78, 5) is 17.2. The monoisotopic (exact) mass is 521 g/mol. The number of aromatic nitrogens is 2. The molecule has 1 N–H and O–H groups in total. The lowest BCUT2D eigenvalue weighted by atomic mass is 10.00. The van der Waals surface area contributed by atoms with Crippen molar-refractivity contribution in [3.8, 4) is 5.69 Å². The Hall–Kier alpha value is -5.29. The molecule has 0 saturated heterocycles. The molecule has 0 spiro atoms. The fourth-order valence-electron chi connectivity index (χ4n) is 5.47. The van der Waals surface area contributed by atoms with Crippen molar-refractivity contribution in [3.05, 3.63) is 139 Å². The van der Waals surface area contributed by atoms with Crippen LogP contribution in [0.15, 0.2) is 121 Å². The molecule has 0 atom stereocenters. The highest BCUT2D eigenvalue weighted by molar-refractivity contribution is 6.15. The van der Waals surface area contributed by atoms with Crippen molar-refractivity contribution in [2.75, 3.05) is 0 Å². The fourth-order valence-corrected chi connectivity index (χ4v) is 5.47. The smallest absolute Gasteiger partial charge is 0.244 e. The highest BCUT2D eigenvalue weighted by Gasteiger charge is 2.16. The fraction of sp³-hybridized carbons (Fsp3) is 0.0286. The van der Waals surface area contributed by atoms with Gasteiger partial charge in [0.1, 0.15) is 5.82 Å². The van der Waals surface area contributed by atoms with Gasteiger partial charge in [-0.05, 0) is 58.1 Å². The van der Waals surface area contributed by atoms with E-state index in [0.717, 1.165) is 38.8 Å². The van der Waals surface area contributed by atoms with E-state index < -0.39 is 0 Å². The molecule has 0 bridgehead atoms. The maximum atomic E-state index is 13.1. The molecule has 2 heterocycles. The SMILES string of the molecule is O=C(/C=C/c1ccc(F)cc1)NCc1cc2c3ccccc3n(-c3cc4ccccc4c4ccccc34)c2cn1. The van der Waals surface area contributed by atoms with Gasteiger partial charge in [0.25, 0.3) is 0 Å². The molecular formula is C35H24FN3O. The number of nitrogens with one attached hydrogen (secondary N) is 1. The molecule has 0 aliphatic heterocycles. The second-order valence-electron chi connectivity index (χ2n) is 9.81. The second-order valence-corrected chi connectivity index (χ2v) is 9.81. The molecule has 1 amide bonds. The zero-order chi connectivity index (χ0) is 27.1. The molecule has 0 saturated carbocycles. The number of carbonyl (C=O) groups excluding carboxylic acids is 1. The number of halogens is 1. The van der Waals surface area contributed by atoms with Crippen molar-refractivity contribution in [1.82, 2.24) is 14.9 Å². The molecule has 0 fully saturated rings. The Morgan fingerprint density at radius 1 is 0.750 bits per heavy atom. The third-order valence-electron chi connectivity index (χ3n) is 7.34. The maximum Gasteiger partial charge on any atom is 0.244 e. The minimum Gasteiger partial charge on any atom is -0.347 e. The summed E-state index contributed by atoms with van der Waals surface area (Å²) in [6.07, 6.45) is 5.00. The van der Waals surface area contributed by atoms with Gasteiger partial charge in [0, 0.05) is 22.2 Å². The van der Waals surface area contributed by atoms with Gasteiger partial charge < -0.3 is 9.88 Å². The highest BCUT2D eigenvalue weighted by atomic mass is 19.1. The molecule has 0 aliphatic carbocycles. The summed E-state index contributed by atoms with van der Waals surface area (Å²) in [5, 5.41) is 9.91. The average Bonchev–Trinajstić information content (AvgIpc) is 3.33. The van der Waals surface area contributed by atoms with E-state index in [1.807, 2.05) is 12.3 Å². The number of carbonyl (C=O) groups is 1. The molecule has 0 aliphatic rings. The van der Waals surface area contributed by atoms with Crippen LogP contribution < -0.4 is 5.32 Å². The van der Waals surface area contributed by atoms with Crippen LogP contribution in [0.1, 0.15) is 11.3 Å². The van der Waals surface area contributed by atoms with Crippen LogP contribution in [0.3, 0.4) is 0 Å². The number of para-hydroxylation sites is 1. The predicted molar refractivity (Wildman–Crippen MR) is 161 cm³/mol. The van der Waals surface area contributed by atoms with Crippen LogP contribution >= 0.6 is 0 Å². The number of hydrogen-bond acceptors (Lipinski definition) is 2. The Morgan fingerprint density at radius 2 is 1.45 bits per heavy atom. The van der Waals surface area contributed by atoms with E-state index in [1.165, 1.54) is 39.8 Å². The minimum atomic E-state index is -0.307. The molecule has 2 aromatic heterocycles. The normalized spacial score (nSPS) is 11.7. The second kappa shape index (κ2) is 9.79. The first kappa shape index (κ1) is 23.8. The van der Waals surface area contributed by atoms with Gasteiger partial charge in [-0.2, -0.15) is 0 Å². The molecule has 40 heavy (non-hydrogen) atoms. The number of hydrogen-bond donors (Lipinski definition) is 1. The summed E-state index contributed by atoms with van der Waals surface area (Å²) >= 11 is 0. The molecule has 5 heteroatoms. The van der Waals surface area contributed by atoms with Crippen LogP contribution in [0.25, 0.3) is 55.1 Å². The molecule has 7 aromatic rings. The maximum absolute atomic E-state index is 13.1. The van der Waals surface area contributed by atoms with E-state index in [0.29, 0.717) is 6.54 Å². The van der Waals surface area contributed by atoms with Crippen molar-refractivity contribution in [2.24, 2.45) is 0 Å². The zero-order valence-corrected chi connectivity index (χ0v) is 21.5. The first-order valence-corrected chi connectivity index (χ1v) is 13.2. The van der Waals surface area contributed by atoms with Crippen LogP contribution in [0.5, 0.6) is 0 Å². The Bertz CT molecular complexity index is 2090. The van der Waals surface area contributed by atoms with E-state index in [4.69, 9.17) is 4.98 Å². The summed E-state index contributed by atoms with van der Waals surface area (Å²) in [7, 11) is 0. The van der Waals surface area contributed by atoms with Gasteiger partial charge >= 0.3 is 0 Å². The van der Waals surface area contributed by atoms with Crippen molar-refractivity contribution in [3.63, 3.8) is 0 Å². The lowest BCUT2D eigenvalue weighted by Crippen LogP contribution is -2.20. The van der Waals surface area contributed by atoms with Gasteiger partial charge in [0.15, 0.2) is 0 Å².